The van der Waals surface area contributed by atoms with Gasteiger partial charge in [0.05, 0.1) is 23.9 Å². The topological polar surface area (TPSA) is 99.2 Å². The van der Waals surface area contributed by atoms with E-state index in [1.54, 1.807) is 53.4 Å². The van der Waals surface area contributed by atoms with E-state index in [1.807, 2.05) is 0 Å². The summed E-state index contributed by atoms with van der Waals surface area (Å²) in [6.07, 6.45) is -0.776. The number of aliphatic hydroxyl groups excluding tert-OH is 1. The van der Waals surface area contributed by atoms with E-state index in [0.717, 1.165) is 0 Å². The maximum atomic E-state index is 13.3. The number of halogens is 1. The molecule has 162 valence electrons. The molecule has 0 saturated carbocycles. The fourth-order valence-electron chi connectivity index (χ4n) is 3.75. The molecular formula is C22H22ClN3O5. The van der Waals surface area contributed by atoms with Gasteiger partial charge < -0.3 is 14.7 Å². The van der Waals surface area contributed by atoms with E-state index < -0.39 is 18.2 Å². The molecule has 4 rings (SSSR count). The van der Waals surface area contributed by atoms with Gasteiger partial charge in [-0.3, -0.25) is 19.8 Å². The van der Waals surface area contributed by atoms with Crippen LogP contribution in [0, 0.1) is 0 Å². The van der Waals surface area contributed by atoms with Crippen molar-refractivity contribution in [3.8, 4) is 5.75 Å². The third-order valence-corrected chi connectivity index (χ3v) is 5.64. The normalized spacial score (nSPS) is 21.6. The number of aliphatic hydroxyl groups is 1. The number of carbonyl (C=O) groups excluding carboxylic acids is 3. The van der Waals surface area contributed by atoms with Crippen LogP contribution in [0.3, 0.4) is 0 Å². The first kappa shape index (κ1) is 21.1. The van der Waals surface area contributed by atoms with Gasteiger partial charge in [-0.2, -0.15) is 0 Å². The van der Waals surface area contributed by atoms with Crippen LogP contribution in [0.25, 0.3) is 0 Å². The lowest BCUT2D eigenvalue weighted by atomic mass is 10.0. The summed E-state index contributed by atoms with van der Waals surface area (Å²) in [6.45, 7) is 0.761. The zero-order valence-corrected chi connectivity index (χ0v) is 17.4. The molecule has 9 heteroatoms. The molecule has 0 aromatic heterocycles. The molecule has 2 aromatic rings. The first-order valence-electron chi connectivity index (χ1n) is 10.0. The van der Waals surface area contributed by atoms with E-state index in [2.05, 4.69) is 5.32 Å². The second-order valence-corrected chi connectivity index (χ2v) is 7.93. The number of carbonyl (C=O) groups is 3. The van der Waals surface area contributed by atoms with Crippen molar-refractivity contribution < 1.29 is 24.2 Å². The molecule has 2 saturated heterocycles. The van der Waals surface area contributed by atoms with E-state index in [1.165, 1.54) is 4.90 Å². The molecular weight excluding hydrogens is 422 g/mol. The summed E-state index contributed by atoms with van der Waals surface area (Å²) in [7, 11) is 0. The average Bonchev–Trinajstić information content (AvgIpc) is 2.76. The minimum atomic E-state index is -0.714. The summed E-state index contributed by atoms with van der Waals surface area (Å²) in [5.74, 6) is -0.0491. The molecule has 2 fully saturated rings. The van der Waals surface area contributed by atoms with Gasteiger partial charge in [-0.15, -0.1) is 0 Å². The highest BCUT2D eigenvalue weighted by Gasteiger charge is 2.34. The van der Waals surface area contributed by atoms with Crippen molar-refractivity contribution in [2.24, 2.45) is 0 Å². The summed E-state index contributed by atoms with van der Waals surface area (Å²) in [5.41, 5.74) is 0.799. The number of amides is 4. The minimum Gasteiger partial charge on any atom is -0.486 e. The van der Waals surface area contributed by atoms with Crippen molar-refractivity contribution in [2.45, 2.75) is 25.0 Å². The molecule has 0 unspecified atom stereocenters. The van der Waals surface area contributed by atoms with Gasteiger partial charge in [0.15, 0.2) is 0 Å². The number of benzene rings is 2. The van der Waals surface area contributed by atoms with Crippen molar-refractivity contribution in [1.29, 1.82) is 0 Å². The number of anilines is 1. The number of hydrogen-bond acceptors (Lipinski definition) is 5. The maximum Gasteiger partial charge on any atom is 0.328 e. The predicted molar refractivity (Wildman–Crippen MR) is 114 cm³/mol. The van der Waals surface area contributed by atoms with Crippen LogP contribution in [0.1, 0.15) is 23.2 Å². The Morgan fingerprint density at radius 1 is 1.10 bits per heavy atom. The third-order valence-electron chi connectivity index (χ3n) is 5.39. The molecule has 0 radical (unpaired) electrons. The Hall–Kier alpha value is -3.10. The summed E-state index contributed by atoms with van der Waals surface area (Å²) in [4.78, 5) is 40.1. The molecule has 2 aliphatic rings. The number of hydrogen-bond donors (Lipinski definition) is 2. The van der Waals surface area contributed by atoms with E-state index >= 15 is 0 Å². The number of para-hydroxylation sites is 1. The third kappa shape index (κ3) is 4.65. The second-order valence-electron chi connectivity index (χ2n) is 7.49. The molecule has 4 amide bonds. The first-order chi connectivity index (χ1) is 14.9. The average molecular weight is 444 g/mol. The molecule has 2 aliphatic heterocycles. The van der Waals surface area contributed by atoms with Crippen LogP contribution >= 0.6 is 11.6 Å². The van der Waals surface area contributed by atoms with Crippen molar-refractivity contribution in [3.05, 3.63) is 59.1 Å². The second kappa shape index (κ2) is 8.95. The number of likely N-dealkylation sites (tertiary alicyclic amines) is 1. The molecule has 31 heavy (non-hydrogen) atoms. The van der Waals surface area contributed by atoms with Gasteiger partial charge >= 0.3 is 6.03 Å². The highest BCUT2D eigenvalue weighted by Crippen LogP contribution is 2.26. The lowest BCUT2D eigenvalue weighted by Crippen LogP contribution is -2.52. The molecule has 8 nitrogen and oxygen atoms in total. The SMILES string of the molecule is O=C1CCN(c2ccccc2C(=O)N2CC[C@@H](O)[C@H](Oc3ccc(Cl)cc3)C2)C(=O)N1. The minimum absolute atomic E-state index is 0.168. The number of rotatable bonds is 4. The van der Waals surface area contributed by atoms with Gasteiger partial charge in [0, 0.05) is 24.5 Å². The van der Waals surface area contributed by atoms with Crippen molar-refractivity contribution in [2.75, 3.05) is 24.5 Å². The monoisotopic (exact) mass is 443 g/mol. The van der Waals surface area contributed by atoms with Crippen LogP contribution in [-0.2, 0) is 4.79 Å². The summed E-state index contributed by atoms with van der Waals surface area (Å²) in [5, 5.41) is 13.2. The standard InChI is InChI=1S/C22H22ClN3O5/c23-14-5-7-15(8-6-14)31-19-13-25(11-9-18(19)27)21(29)16-3-1-2-4-17(16)26-12-10-20(28)24-22(26)30/h1-8,18-19,27H,9-13H2,(H,24,28,30)/t18-,19-/m1/s1. The van der Waals surface area contributed by atoms with Gasteiger partial charge in [0.2, 0.25) is 5.91 Å². The fourth-order valence-corrected chi connectivity index (χ4v) is 3.87. The Balaban J connectivity index is 1.52. The summed E-state index contributed by atoms with van der Waals surface area (Å²) >= 11 is 5.90. The van der Waals surface area contributed by atoms with Crippen molar-refractivity contribution >= 4 is 35.1 Å². The molecule has 0 bridgehead atoms. The zero-order chi connectivity index (χ0) is 22.0. The highest BCUT2D eigenvalue weighted by atomic mass is 35.5. The van der Waals surface area contributed by atoms with Gasteiger partial charge in [-0.05, 0) is 42.8 Å². The zero-order valence-electron chi connectivity index (χ0n) is 16.7. The predicted octanol–water partition coefficient (Wildman–Crippen LogP) is 2.44. The summed E-state index contributed by atoms with van der Waals surface area (Å²) in [6, 6.07) is 13.1. The quantitative estimate of drug-likeness (QED) is 0.756. The number of imide groups is 1. The maximum absolute atomic E-state index is 13.3. The van der Waals surface area contributed by atoms with E-state index in [4.69, 9.17) is 16.3 Å². The van der Waals surface area contributed by atoms with Crippen LogP contribution in [-0.4, -0.2) is 59.7 Å². The fraction of sp³-hybridized carbons (Fsp3) is 0.318. The highest BCUT2D eigenvalue weighted by molar-refractivity contribution is 6.30. The number of ether oxygens (including phenoxy) is 1. The largest absolute Gasteiger partial charge is 0.486 e. The number of nitrogens with zero attached hydrogens (tertiary/aromatic N) is 2. The lowest BCUT2D eigenvalue weighted by Gasteiger charge is -2.37. The lowest BCUT2D eigenvalue weighted by molar-refractivity contribution is -0.120. The van der Waals surface area contributed by atoms with Crippen LogP contribution in [0.5, 0.6) is 5.75 Å². The van der Waals surface area contributed by atoms with Crippen LogP contribution in [0.15, 0.2) is 48.5 Å². The Labute approximate surface area is 184 Å². The first-order valence-corrected chi connectivity index (χ1v) is 10.4. The molecule has 0 spiro atoms. The van der Waals surface area contributed by atoms with Crippen LogP contribution < -0.4 is 15.0 Å². The number of urea groups is 1. The Bertz CT molecular complexity index is 997. The van der Waals surface area contributed by atoms with Gasteiger partial charge in [0.1, 0.15) is 11.9 Å². The van der Waals surface area contributed by atoms with Crippen LogP contribution in [0.4, 0.5) is 10.5 Å². The molecule has 0 aliphatic carbocycles. The number of nitrogens with one attached hydrogen (secondary N) is 1. The van der Waals surface area contributed by atoms with E-state index in [0.29, 0.717) is 35.0 Å². The molecule has 2 aromatic carbocycles. The van der Waals surface area contributed by atoms with Gasteiger partial charge in [-0.25, -0.2) is 4.79 Å². The smallest absolute Gasteiger partial charge is 0.328 e. The summed E-state index contributed by atoms with van der Waals surface area (Å²) < 4.78 is 5.90. The van der Waals surface area contributed by atoms with Gasteiger partial charge in [0.25, 0.3) is 5.91 Å². The van der Waals surface area contributed by atoms with E-state index in [9.17, 15) is 19.5 Å². The van der Waals surface area contributed by atoms with Crippen LogP contribution in [0.2, 0.25) is 5.02 Å². The molecule has 2 atom stereocenters. The van der Waals surface area contributed by atoms with E-state index in [-0.39, 0.29) is 31.3 Å². The van der Waals surface area contributed by atoms with Crippen molar-refractivity contribution in [1.82, 2.24) is 10.2 Å². The Morgan fingerprint density at radius 3 is 2.58 bits per heavy atom. The Kier molecular flexibility index (Phi) is 6.11. The number of piperidine rings is 1. The molecule has 2 heterocycles. The van der Waals surface area contributed by atoms with Gasteiger partial charge in [-0.1, -0.05) is 23.7 Å². The molecule has 2 N–H and O–H groups in total. The van der Waals surface area contributed by atoms with Crippen molar-refractivity contribution in [3.63, 3.8) is 0 Å². The Morgan fingerprint density at radius 2 is 1.84 bits per heavy atom.